The predicted molar refractivity (Wildman–Crippen MR) is 195 cm³/mol. The molecule has 2 aliphatic rings. The van der Waals surface area contributed by atoms with Gasteiger partial charge in [0, 0.05) is 34.0 Å². The molecule has 0 saturated heterocycles. The van der Waals surface area contributed by atoms with E-state index in [0.29, 0.717) is 50.7 Å². The van der Waals surface area contributed by atoms with Gasteiger partial charge in [-0.15, -0.1) is 6.42 Å². The molecule has 0 radical (unpaired) electrons. The summed E-state index contributed by atoms with van der Waals surface area (Å²) in [5, 5.41) is 19.8. The van der Waals surface area contributed by atoms with Gasteiger partial charge in [0.25, 0.3) is 11.1 Å². The summed E-state index contributed by atoms with van der Waals surface area (Å²) in [6.45, 7) is -0.0616. The minimum absolute atomic E-state index is 0.00335. The molecule has 0 aliphatic carbocycles. The Kier molecular flexibility index (Phi) is 10.8. The number of benzene rings is 4. The van der Waals surface area contributed by atoms with Crippen molar-refractivity contribution in [1.29, 1.82) is 0 Å². The lowest BCUT2D eigenvalue weighted by Crippen LogP contribution is -2.26. The molecule has 0 amide bonds. The monoisotopic (exact) mass is 748 g/mol. The van der Waals surface area contributed by atoms with Gasteiger partial charge in [-0.05, 0) is 85.6 Å². The Balaban J connectivity index is 0.000000148. The van der Waals surface area contributed by atoms with Crippen molar-refractivity contribution in [3.63, 3.8) is 0 Å². The number of aromatic nitrogens is 4. The maximum absolute atomic E-state index is 13.2. The van der Waals surface area contributed by atoms with Crippen LogP contribution in [0.15, 0.2) is 99.0 Å². The topological polar surface area (TPSA) is 110 Å². The average molecular weight is 750 g/mol. The SMILES string of the molecule is C#Cc1cccc(F)c1.O=c1c2ccc(Br)cc2nc2n1C(CO)CC2.O=c1c2ccc(C#Cc3cccc(F)c3)cc2nc2n1C(CO)CC2. The molecule has 2 atom stereocenters. The van der Waals surface area contributed by atoms with Crippen LogP contribution >= 0.6 is 15.9 Å². The largest absolute Gasteiger partial charge is 0.394 e. The molecule has 6 aromatic rings. The van der Waals surface area contributed by atoms with Gasteiger partial charge in [0.2, 0.25) is 0 Å². The van der Waals surface area contributed by atoms with Crippen LogP contribution in [0.25, 0.3) is 21.8 Å². The van der Waals surface area contributed by atoms with Gasteiger partial charge in [0.15, 0.2) is 0 Å². The maximum atomic E-state index is 13.2. The summed E-state index contributed by atoms with van der Waals surface area (Å²) in [5.74, 6) is 9.09. The second-order valence-electron chi connectivity index (χ2n) is 12.0. The number of rotatable bonds is 2. The summed E-state index contributed by atoms with van der Waals surface area (Å²) < 4.78 is 29.6. The third kappa shape index (κ3) is 7.82. The smallest absolute Gasteiger partial charge is 0.261 e. The summed E-state index contributed by atoms with van der Waals surface area (Å²) in [7, 11) is 0. The highest BCUT2D eigenvalue weighted by Gasteiger charge is 2.26. The molecular formula is C40H31BrF2N4O4. The third-order valence-electron chi connectivity index (χ3n) is 8.63. The number of hydrogen-bond donors (Lipinski definition) is 2. The third-order valence-corrected chi connectivity index (χ3v) is 9.13. The molecule has 11 heteroatoms. The molecule has 0 fully saturated rings. The van der Waals surface area contributed by atoms with E-state index in [2.05, 4.69) is 43.7 Å². The molecular weight excluding hydrogens is 718 g/mol. The first kappa shape index (κ1) is 35.4. The van der Waals surface area contributed by atoms with Gasteiger partial charge in [0.05, 0.1) is 47.1 Å². The van der Waals surface area contributed by atoms with Crippen LogP contribution in [-0.2, 0) is 12.8 Å². The lowest BCUT2D eigenvalue weighted by molar-refractivity contribution is 0.230. The normalized spacial score (nSPS) is 15.4. The number of aliphatic hydroxyl groups is 2. The van der Waals surface area contributed by atoms with E-state index in [1.54, 1.807) is 57.7 Å². The number of fused-ring (bicyclic) bond motifs is 4. The van der Waals surface area contributed by atoms with Crippen molar-refractivity contribution in [2.75, 3.05) is 13.2 Å². The lowest BCUT2D eigenvalue weighted by atomic mass is 10.1. The number of hydrogen-bond acceptors (Lipinski definition) is 6. The molecule has 2 aliphatic heterocycles. The van der Waals surface area contributed by atoms with Crippen LogP contribution in [0, 0.1) is 35.8 Å². The highest BCUT2D eigenvalue weighted by molar-refractivity contribution is 9.10. The van der Waals surface area contributed by atoms with Crippen LogP contribution < -0.4 is 11.1 Å². The summed E-state index contributed by atoms with van der Waals surface area (Å²) in [6, 6.07) is 22.5. The minimum atomic E-state index is -0.325. The zero-order chi connectivity index (χ0) is 36.1. The van der Waals surface area contributed by atoms with Gasteiger partial charge in [-0.25, -0.2) is 18.7 Å². The highest BCUT2D eigenvalue weighted by atomic mass is 79.9. The zero-order valence-electron chi connectivity index (χ0n) is 27.2. The summed E-state index contributed by atoms with van der Waals surface area (Å²) in [6.07, 6.45) is 7.94. The van der Waals surface area contributed by atoms with Gasteiger partial charge >= 0.3 is 0 Å². The molecule has 2 unspecified atom stereocenters. The fourth-order valence-corrected chi connectivity index (χ4v) is 6.48. The average Bonchev–Trinajstić information content (AvgIpc) is 3.75. The number of halogens is 3. The van der Waals surface area contributed by atoms with E-state index >= 15 is 0 Å². The van der Waals surface area contributed by atoms with Gasteiger partial charge in [-0.1, -0.05) is 45.8 Å². The molecule has 51 heavy (non-hydrogen) atoms. The fraction of sp³-hybridized carbons (Fsp3) is 0.200. The van der Waals surface area contributed by atoms with Crippen molar-refractivity contribution in [3.05, 3.63) is 150 Å². The molecule has 2 aromatic heterocycles. The van der Waals surface area contributed by atoms with E-state index in [1.165, 1.54) is 24.3 Å². The Morgan fingerprint density at radius 2 is 1.20 bits per heavy atom. The number of aryl methyl sites for hydroxylation is 2. The summed E-state index contributed by atoms with van der Waals surface area (Å²) in [5.41, 5.74) is 3.03. The second-order valence-corrected chi connectivity index (χ2v) is 12.9. The van der Waals surface area contributed by atoms with Gasteiger partial charge in [0.1, 0.15) is 23.3 Å². The number of terminal acetylenes is 1. The Labute approximate surface area is 300 Å². The van der Waals surface area contributed by atoms with E-state index in [9.17, 15) is 28.6 Å². The van der Waals surface area contributed by atoms with Crippen molar-refractivity contribution in [3.8, 4) is 24.2 Å². The molecule has 8 nitrogen and oxygen atoms in total. The standard InChI is InChI=1S/C20H15FN2O2.C12H11BrN2O2.C8H5F/c21-15-3-1-2-13(10-15)4-5-14-6-8-17-18(11-14)22-19-9-7-16(12-24)23(19)20(17)25;13-7-1-3-9-10(5-7)14-11-4-2-8(6-16)15(11)12(9)17;1-2-7-4-3-5-8(9)6-7/h1-3,6,8,10-11,16,24H,7,9,12H2;1,3,5,8,16H,2,4,6H2;1,3-6H. The molecule has 0 saturated carbocycles. The van der Waals surface area contributed by atoms with E-state index < -0.39 is 0 Å². The van der Waals surface area contributed by atoms with Gasteiger partial charge < -0.3 is 10.2 Å². The number of aliphatic hydroxyl groups excluding tert-OH is 2. The predicted octanol–water partition coefficient (Wildman–Crippen LogP) is 5.86. The van der Waals surface area contributed by atoms with Crippen LogP contribution in [0.4, 0.5) is 8.78 Å². The molecule has 256 valence electrons. The van der Waals surface area contributed by atoms with Crippen LogP contribution in [-0.4, -0.2) is 42.5 Å². The first-order chi connectivity index (χ1) is 24.7. The number of nitrogens with zero attached hydrogens (tertiary/aromatic N) is 4. The molecule has 4 aromatic carbocycles. The van der Waals surface area contributed by atoms with Crippen LogP contribution in [0.3, 0.4) is 0 Å². The summed E-state index contributed by atoms with van der Waals surface area (Å²) >= 11 is 3.37. The highest BCUT2D eigenvalue weighted by Crippen LogP contribution is 2.25. The van der Waals surface area contributed by atoms with E-state index in [1.807, 2.05) is 12.1 Å². The van der Waals surface area contributed by atoms with Gasteiger partial charge in [-0.3, -0.25) is 18.7 Å². The van der Waals surface area contributed by atoms with Crippen LogP contribution in [0.1, 0.15) is 53.3 Å². The van der Waals surface area contributed by atoms with E-state index in [0.717, 1.165) is 29.6 Å². The molecule has 0 bridgehead atoms. The first-order valence-corrected chi connectivity index (χ1v) is 17.0. The van der Waals surface area contributed by atoms with Crippen molar-refractivity contribution in [2.45, 2.75) is 37.8 Å². The van der Waals surface area contributed by atoms with Gasteiger partial charge in [-0.2, -0.15) is 0 Å². The van der Waals surface area contributed by atoms with Crippen molar-refractivity contribution >= 4 is 37.7 Å². The van der Waals surface area contributed by atoms with Crippen molar-refractivity contribution < 1.29 is 19.0 Å². The van der Waals surface area contributed by atoms with Crippen molar-refractivity contribution in [2.24, 2.45) is 0 Å². The van der Waals surface area contributed by atoms with E-state index in [4.69, 9.17) is 6.42 Å². The fourth-order valence-electron chi connectivity index (χ4n) is 6.13. The molecule has 2 N–H and O–H groups in total. The van der Waals surface area contributed by atoms with Crippen molar-refractivity contribution in [1.82, 2.24) is 19.1 Å². The molecule has 0 spiro atoms. The maximum Gasteiger partial charge on any atom is 0.261 e. The zero-order valence-corrected chi connectivity index (χ0v) is 28.8. The minimum Gasteiger partial charge on any atom is -0.394 e. The second kappa shape index (κ2) is 15.6. The van der Waals surface area contributed by atoms with Crippen LogP contribution in [0.5, 0.6) is 0 Å². The lowest BCUT2D eigenvalue weighted by Gasteiger charge is -2.11. The Morgan fingerprint density at radius 3 is 1.71 bits per heavy atom. The Hall–Kier alpha value is -5.46. The first-order valence-electron chi connectivity index (χ1n) is 16.2. The quantitative estimate of drug-likeness (QED) is 0.215. The van der Waals surface area contributed by atoms with Crippen LogP contribution in [0.2, 0.25) is 0 Å². The summed E-state index contributed by atoms with van der Waals surface area (Å²) in [4.78, 5) is 34.0. The molecule has 8 rings (SSSR count). The Morgan fingerprint density at radius 1 is 0.706 bits per heavy atom. The Bertz CT molecular complexity index is 2500. The molecule has 4 heterocycles. The van der Waals surface area contributed by atoms with E-state index in [-0.39, 0.29) is 48.1 Å².